The summed E-state index contributed by atoms with van der Waals surface area (Å²) in [5.74, 6) is -0.0725. The first-order valence-electron chi connectivity index (χ1n) is 4.66. The van der Waals surface area contributed by atoms with Crippen LogP contribution in [0.5, 0.6) is 0 Å². The number of amides is 1. The van der Waals surface area contributed by atoms with E-state index in [9.17, 15) is 9.59 Å². The fourth-order valence-electron chi connectivity index (χ4n) is 2.00. The molecule has 2 heterocycles. The van der Waals surface area contributed by atoms with Crippen LogP contribution in [0.2, 0.25) is 0 Å². The number of benzene rings is 1. The van der Waals surface area contributed by atoms with Gasteiger partial charge in [-0.2, -0.15) is 0 Å². The molecule has 5 heteroatoms. The molecule has 1 aliphatic rings. The van der Waals surface area contributed by atoms with Crippen molar-refractivity contribution in [2.45, 2.75) is 6.54 Å². The van der Waals surface area contributed by atoms with E-state index in [1.54, 1.807) is 11.9 Å². The second-order valence-corrected chi connectivity index (χ2v) is 3.64. The summed E-state index contributed by atoms with van der Waals surface area (Å²) in [6.07, 6.45) is 0. The Bertz CT molecular complexity index is 623. The number of imidazole rings is 1. The van der Waals surface area contributed by atoms with Crippen LogP contribution in [0.25, 0.3) is 11.0 Å². The number of H-pyrrole nitrogens is 1. The minimum absolute atomic E-state index is 0.0725. The van der Waals surface area contributed by atoms with Crippen molar-refractivity contribution in [3.8, 4) is 0 Å². The zero-order valence-corrected chi connectivity index (χ0v) is 8.15. The van der Waals surface area contributed by atoms with Gasteiger partial charge in [0.2, 0.25) is 5.91 Å². The lowest BCUT2D eigenvalue weighted by Crippen LogP contribution is -2.37. The number of aromatic amines is 1. The molecule has 0 bridgehead atoms. The molecule has 0 fully saturated rings. The van der Waals surface area contributed by atoms with Gasteiger partial charge in [-0.25, -0.2) is 4.79 Å². The van der Waals surface area contributed by atoms with Gasteiger partial charge >= 0.3 is 5.69 Å². The van der Waals surface area contributed by atoms with Gasteiger partial charge in [-0.3, -0.25) is 9.36 Å². The van der Waals surface area contributed by atoms with Crippen molar-refractivity contribution in [1.82, 2.24) is 9.55 Å². The van der Waals surface area contributed by atoms with Crippen molar-refractivity contribution in [3.63, 3.8) is 0 Å². The van der Waals surface area contributed by atoms with Crippen molar-refractivity contribution in [2.24, 2.45) is 0 Å². The number of carbonyl (C=O) groups is 1. The van der Waals surface area contributed by atoms with Crippen LogP contribution in [0.1, 0.15) is 0 Å². The van der Waals surface area contributed by atoms with Crippen LogP contribution in [-0.2, 0) is 11.3 Å². The Morgan fingerprint density at radius 1 is 1.33 bits per heavy atom. The third-order valence-electron chi connectivity index (χ3n) is 2.80. The van der Waals surface area contributed by atoms with Gasteiger partial charge in [0.25, 0.3) is 0 Å². The highest BCUT2D eigenvalue weighted by Crippen LogP contribution is 2.27. The van der Waals surface area contributed by atoms with E-state index < -0.39 is 0 Å². The van der Waals surface area contributed by atoms with Crippen LogP contribution < -0.4 is 10.6 Å². The molecule has 1 aromatic heterocycles. The number of hydrogen-bond donors (Lipinski definition) is 1. The van der Waals surface area contributed by atoms with Gasteiger partial charge in [0.15, 0.2) is 0 Å². The molecule has 1 aromatic carbocycles. The Balaban J connectivity index is 2.52. The van der Waals surface area contributed by atoms with Gasteiger partial charge in [-0.05, 0) is 12.1 Å². The lowest BCUT2D eigenvalue weighted by Gasteiger charge is -2.23. The van der Waals surface area contributed by atoms with E-state index in [1.807, 2.05) is 18.2 Å². The number of likely N-dealkylation sites (N-methyl/N-ethyl adjacent to an activating group) is 1. The predicted molar refractivity (Wildman–Crippen MR) is 56.0 cm³/mol. The molecule has 0 atom stereocenters. The number of rotatable bonds is 0. The molecule has 0 aliphatic carbocycles. The van der Waals surface area contributed by atoms with E-state index in [4.69, 9.17) is 0 Å². The largest absolute Gasteiger partial charge is 0.327 e. The van der Waals surface area contributed by atoms with Crippen LogP contribution in [0.4, 0.5) is 5.69 Å². The van der Waals surface area contributed by atoms with Gasteiger partial charge in [-0.1, -0.05) is 6.07 Å². The third kappa shape index (κ3) is 0.918. The van der Waals surface area contributed by atoms with Crippen LogP contribution >= 0.6 is 0 Å². The average molecular weight is 203 g/mol. The highest BCUT2D eigenvalue weighted by Gasteiger charge is 2.24. The number of carbonyl (C=O) groups excluding carboxylic acids is 1. The number of anilines is 1. The summed E-state index contributed by atoms with van der Waals surface area (Å²) in [7, 11) is 1.72. The van der Waals surface area contributed by atoms with Gasteiger partial charge in [-0.15, -0.1) is 0 Å². The molecule has 2 aromatic rings. The van der Waals surface area contributed by atoms with Crippen molar-refractivity contribution < 1.29 is 4.79 Å². The number of nitrogens with one attached hydrogen (secondary N) is 1. The van der Waals surface area contributed by atoms with Crippen LogP contribution in [0, 0.1) is 0 Å². The number of para-hydroxylation sites is 1. The van der Waals surface area contributed by atoms with E-state index in [1.165, 1.54) is 4.57 Å². The number of hydrogen-bond acceptors (Lipinski definition) is 2. The highest BCUT2D eigenvalue weighted by atomic mass is 16.2. The highest BCUT2D eigenvalue weighted by molar-refractivity contribution is 6.04. The monoisotopic (exact) mass is 203 g/mol. The summed E-state index contributed by atoms with van der Waals surface area (Å²) in [4.78, 5) is 27.5. The predicted octanol–water partition coefficient (Wildman–Crippen LogP) is 0.306. The quantitative estimate of drug-likeness (QED) is 0.669. The summed E-state index contributed by atoms with van der Waals surface area (Å²) < 4.78 is 1.48. The fourth-order valence-corrected chi connectivity index (χ4v) is 2.00. The Hall–Kier alpha value is -2.04. The van der Waals surface area contributed by atoms with Gasteiger partial charge in [0.1, 0.15) is 6.54 Å². The summed E-state index contributed by atoms with van der Waals surface area (Å²) >= 11 is 0. The summed E-state index contributed by atoms with van der Waals surface area (Å²) in [6, 6.07) is 5.50. The van der Waals surface area contributed by atoms with E-state index in [-0.39, 0.29) is 18.1 Å². The zero-order chi connectivity index (χ0) is 10.6. The first-order chi connectivity index (χ1) is 7.18. The molecule has 0 unspecified atom stereocenters. The van der Waals surface area contributed by atoms with Crippen LogP contribution in [0.15, 0.2) is 23.0 Å². The minimum Gasteiger partial charge on any atom is -0.312 e. The van der Waals surface area contributed by atoms with E-state index >= 15 is 0 Å². The van der Waals surface area contributed by atoms with E-state index in [0.29, 0.717) is 0 Å². The maximum atomic E-state index is 11.6. The summed E-state index contributed by atoms with van der Waals surface area (Å²) in [5, 5.41) is 0. The molecule has 1 aliphatic heterocycles. The maximum absolute atomic E-state index is 11.6. The third-order valence-corrected chi connectivity index (χ3v) is 2.80. The van der Waals surface area contributed by atoms with Crippen molar-refractivity contribution in [3.05, 3.63) is 28.7 Å². The molecule has 5 nitrogen and oxygen atoms in total. The fraction of sp³-hybridized carbons (Fsp3) is 0.200. The number of nitrogens with zero attached hydrogens (tertiary/aromatic N) is 2. The molecule has 0 spiro atoms. The van der Waals surface area contributed by atoms with Crippen LogP contribution in [-0.4, -0.2) is 22.5 Å². The standard InChI is InChI=1S/C10H9N3O2/c1-12-7-4-2-3-6-9(7)13(5-8(12)14)10(15)11-6/h2-4H,5H2,1H3,(H,11,15). The lowest BCUT2D eigenvalue weighted by atomic mass is 10.2. The molecule has 3 rings (SSSR count). The molecule has 0 saturated heterocycles. The Morgan fingerprint density at radius 3 is 2.93 bits per heavy atom. The summed E-state index contributed by atoms with van der Waals surface area (Å²) in [5.41, 5.74) is 2.14. The van der Waals surface area contributed by atoms with Crippen molar-refractivity contribution in [2.75, 3.05) is 11.9 Å². The molecule has 76 valence electrons. The van der Waals surface area contributed by atoms with Crippen LogP contribution in [0.3, 0.4) is 0 Å². The van der Waals surface area contributed by atoms with Crippen molar-refractivity contribution >= 4 is 22.6 Å². The SMILES string of the molecule is CN1C(=O)Cn2c(=O)[nH]c3cccc1c32. The van der Waals surface area contributed by atoms with Crippen molar-refractivity contribution in [1.29, 1.82) is 0 Å². The smallest absolute Gasteiger partial charge is 0.312 e. The lowest BCUT2D eigenvalue weighted by molar-refractivity contribution is -0.119. The average Bonchev–Trinajstić information content (AvgIpc) is 2.53. The van der Waals surface area contributed by atoms with Gasteiger partial charge in [0.05, 0.1) is 16.7 Å². The Kier molecular flexibility index (Phi) is 1.38. The zero-order valence-electron chi connectivity index (χ0n) is 8.15. The molecular formula is C10H9N3O2. The number of aromatic nitrogens is 2. The molecule has 15 heavy (non-hydrogen) atoms. The van der Waals surface area contributed by atoms with Gasteiger partial charge < -0.3 is 9.88 Å². The van der Waals surface area contributed by atoms with E-state index in [2.05, 4.69) is 4.98 Å². The van der Waals surface area contributed by atoms with Gasteiger partial charge in [0, 0.05) is 7.05 Å². The van der Waals surface area contributed by atoms with E-state index in [0.717, 1.165) is 16.7 Å². The molecule has 0 saturated carbocycles. The molecule has 0 radical (unpaired) electrons. The maximum Gasteiger partial charge on any atom is 0.327 e. The Morgan fingerprint density at radius 2 is 2.13 bits per heavy atom. The topological polar surface area (TPSA) is 58.1 Å². The first kappa shape index (κ1) is 8.28. The molecular weight excluding hydrogens is 194 g/mol. The molecule has 1 amide bonds. The second-order valence-electron chi connectivity index (χ2n) is 3.64. The minimum atomic E-state index is -0.223. The summed E-state index contributed by atoms with van der Waals surface area (Å²) in [6.45, 7) is 0.117. The first-order valence-corrected chi connectivity index (χ1v) is 4.66. The normalized spacial score (nSPS) is 15.0. The second kappa shape index (κ2) is 2.50. The molecule has 1 N–H and O–H groups in total. The Labute approximate surface area is 84.9 Å².